The van der Waals surface area contributed by atoms with Crippen molar-refractivity contribution in [2.45, 2.75) is 33.5 Å². The molecule has 3 aromatic rings. The number of pyridine rings is 1. The number of hydrogen-bond acceptors (Lipinski definition) is 3. The van der Waals surface area contributed by atoms with Crippen LogP contribution in [0.15, 0.2) is 58.4 Å². The summed E-state index contributed by atoms with van der Waals surface area (Å²) in [7, 11) is 3.72. The van der Waals surface area contributed by atoms with Crippen LogP contribution in [0.3, 0.4) is 0 Å². The van der Waals surface area contributed by atoms with Crippen molar-refractivity contribution in [2.24, 2.45) is 12.0 Å². The zero-order valence-electron chi connectivity index (χ0n) is 17.4. The van der Waals surface area contributed by atoms with Gasteiger partial charge < -0.3 is 15.2 Å². The van der Waals surface area contributed by atoms with E-state index in [4.69, 9.17) is 0 Å². The number of aryl methyl sites for hydroxylation is 2. The van der Waals surface area contributed by atoms with E-state index in [0.717, 1.165) is 28.5 Å². The maximum atomic E-state index is 11.8. The Hall–Kier alpha value is -3.35. The average molecular weight is 393 g/mol. The first kappa shape index (κ1) is 20.4. The van der Waals surface area contributed by atoms with Crippen LogP contribution in [0, 0.1) is 13.8 Å². The molecule has 152 valence electrons. The predicted molar refractivity (Wildman–Crippen MR) is 116 cm³/mol. The molecule has 0 unspecified atom stereocenters. The van der Waals surface area contributed by atoms with Crippen molar-refractivity contribution in [2.75, 3.05) is 7.05 Å². The first-order chi connectivity index (χ1) is 14.0. The molecule has 0 aliphatic carbocycles. The van der Waals surface area contributed by atoms with Crippen LogP contribution in [0.1, 0.15) is 28.1 Å². The lowest BCUT2D eigenvalue weighted by Gasteiger charge is -2.13. The van der Waals surface area contributed by atoms with Crippen LogP contribution >= 0.6 is 0 Å². The van der Waals surface area contributed by atoms with Gasteiger partial charge in [-0.2, -0.15) is 5.10 Å². The van der Waals surface area contributed by atoms with Crippen LogP contribution in [-0.2, 0) is 26.7 Å². The fourth-order valence-corrected chi connectivity index (χ4v) is 3.20. The van der Waals surface area contributed by atoms with Crippen LogP contribution in [0.2, 0.25) is 0 Å². The summed E-state index contributed by atoms with van der Waals surface area (Å²) >= 11 is 0. The summed E-state index contributed by atoms with van der Waals surface area (Å²) in [6.07, 6.45) is 1.80. The maximum absolute atomic E-state index is 11.8. The Morgan fingerprint density at radius 3 is 2.34 bits per heavy atom. The molecular weight excluding hydrogens is 364 g/mol. The molecule has 3 rings (SSSR count). The van der Waals surface area contributed by atoms with E-state index in [9.17, 15) is 4.79 Å². The minimum atomic E-state index is 0.00667. The molecule has 29 heavy (non-hydrogen) atoms. The van der Waals surface area contributed by atoms with E-state index in [1.165, 1.54) is 5.56 Å². The van der Waals surface area contributed by atoms with Crippen molar-refractivity contribution in [3.05, 3.63) is 87.1 Å². The van der Waals surface area contributed by atoms with Gasteiger partial charge in [0.05, 0.1) is 12.2 Å². The van der Waals surface area contributed by atoms with E-state index < -0.39 is 0 Å². The Labute approximate surface area is 171 Å². The minimum Gasteiger partial charge on any atom is -0.352 e. The molecule has 2 aromatic heterocycles. The Kier molecular flexibility index (Phi) is 6.49. The van der Waals surface area contributed by atoms with Crippen molar-refractivity contribution in [1.82, 2.24) is 25.0 Å². The zero-order chi connectivity index (χ0) is 20.8. The van der Waals surface area contributed by atoms with Crippen LogP contribution in [0.4, 0.5) is 0 Å². The van der Waals surface area contributed by atoms with Gasteiger partial charge in [-0.05, 0) is 31.0 Å². The topological polar surface area (TPSA) is 76.2 Å². The molecule has 0 aliphatic heterocycles. The van der Waals surface area contributed by atoms with Gasteiger partial charge in [0.1, 0.15) is 0 Å². The SMILES string of the molecule is CN=C(NCc1ccc(Cn2ccccc2=O)cc1)NCc1c(C)nn(C)c1C. The van der Waals surface area contributed by atoms with Crippen molar-refractivity contribution < 1.29 is 0 Å². The lowest BCUT2D eigenvalue weighted by atomic mass is 10.1. The number of nitrogens with zero attached hydrogens (tertiary/aromatic N) is 4. The van der Waals surface area contributed by atoms with Crippen molar-refractivity contribution in [3.63, 3.8) is 0 Å². The van der Waals surface area contributed by atoms with E-state index in [0.29, 0.717) is 19.6 Å². The molecule has 7 nitrogen and oxygen atoms in total. The van der Waals surface area contributed by atoms with E-state index in [1.807, 2.05) is 24.7 Å². The van der Waals surface area contributed by atoms with Gasteiger partial charge >= 0.3 is 0 Å². The van der Waals surface area contributed by atoms with Gasteiger partial charge in [0, 0.05) is 50.7 Å². The molecule has 2 N–H and O–H groups in total. The summed E-state index contributed by atoms with van der Waals surface area (Å²) in [5.41, 5.74) is 5.61. The zero-order valence-corrected chi connectivity index (χ0v) is 17.4. The molecule has 1 aromatic carbocycles. The number of nitrogens with one attached hydrogen (secondary N) is 2. The monoisotopic (exact) mass is 392 g/mol. The molecule has 0 atom stereocenters. The third-order valence-electron chi connectivity index (χ3n) is 5.05. The highest BCUT2D eigenvalue weighted by atomic mass is 16.1. The Morgan fingerprint density at radius 1 is 1.03 bits per heavy atom. The molecular formula is C22H28N6O. The standard InChI is InChI=1S/C22H28N6O/c1-16-20(17(2)27(4)26-16)14-25-22(23-3)24-13-18-8-10-19(11-9-18)15-28-12-6-5-7-21(28)29/h5-12H,13-15H2,1-4H3,(H2,23,24,25). The van der Waals surface area contributed by atoms with Gasteiger partial charge in [-0.15, -0.1) is 0 Å². The third kappa shape index (κ3) is 5.13. The summed E-state index contributed by atoms with van der Waals surface area (Å²) in [6, 6.07) is 13.4. The van der Waals surface area contributed by atoms with Gasteiger partial charge in [-0.1, -0.05) is 30.3 Å². The van der Waals surface area contributed by atoms with Crippen LogP contribution < -0.4 is 16.2 Å². The first-order valence-electron chi connectivity index (χ1n) is 9.65. The lowest BCUT2D eigenvalue weighted by molar-refractivity contribution is 0.728. The van der Waals surface area contributed by atoms with E-state index in [2.05, 4.69) is 51.9 Å². The number of benzene rings is 1. The summed E-state index contributed by atoms with van der Waals surface area (Å²) in [5.74, 6) is 0.743. The summed E-state index contributed by atoms with van der Waals surface area (Å²) in [5, 5.41) is 11.1. The van der Waals surface area contributed by atoms with Crippen LogP contribution in [-0.4, -0.2) is 27.4 Å². The van der Waals surface area contributed by atoms with Crippen molar-refractivity contribution in [3.8, 4) is 0 Å². The van der Waals surface area contributed by atoms with E-state index in [-0.39, 0.29) is 5.56 Å². The first-order valence-corrected chi connectivity index (χ1v) is 9.65. The normalized spacial score (nSPS) is 11.5. The summed E-state index contributed by atoms with van der Waals surface area (Å²) in [6.45, 7) is 6.00. The van der Waals surface area contributed by atoms with Gasteiger partial charge in [-0.25, -0.2) is 0 Å². The second kappa shape index (κ2) is 9.23. The molecule has 7 heteroatoms. The summed E-state index contributed by atoms with van der Waals surface area (Å²) in [4.78, 5) is 16.1. The Balaban J connectivity index is 1.54. The van der Waals surface area contributed by atoms with Gasteiger partial charge in [-0.3, -0.25) is 14.5 Å². The lowest BCUT2D eigenvalue weighted by Crippen LogP contribution is -2.36. The number of aliphatic imine (C=N–C) groups is 1. The van der Waals surface area contributed by atoms with Gasteiger partial charge in [0.2, 0.25) is 0 Å². The third-order valence-corrected chi connectivity index (χ3v) is 5.05. The highest BCUT2D eigenvalue weighted by Gasteiger charge is 2.09. The number of rotatable bonds is 6. The molecule has 2 heterocycles. The Bertz CT molecular complexity index is 1050. The van der Waals surface area contributed by atoms with E-state index in [1.54, 1.807) is 29.9 Å². The highest BCUT2D eigenvalue weighted by molar-refractivity contribution is 5.79. The molecule has 0 bridgehead atoms. The number of aromatic nitrogens is 3. The molecule has 0 aliphatic rings. The highest BCUT2D eigenvalue weighted by Crippen LogP contribution is 2.11. The molecule has 0 fully saturated rings. The Morgan fingerprint density at radius 2 is 1.72 bits per heavy atom. The number of guanidine groups is 1. The smallest absolute Gasteiger partial charge is 0.250 e. The average Bonchev–Trinajstić information content (AvgIpc) is 2.96. The van der Waals surface area contributed by atoms with Crippen molar-refractivity contribution in [1.29, 1.82) is 0 Å². The second-order valence-corrected chi connectivity index (χ2v) is 7.04. The largest absolute Gasteiger partial charge is 0.352 e. The quantitative estimate of drug-likeness (QED) is 0.498. The molecule has 0 radical (unpaired) electrons. The fourth-order valence-electron chi connectivity index (χ4n) is 3.20. The van der Waals surface area contributed by atoms with Gasteiger partial charge in [0.25, 0.3) is 5.56 Å². The molecule has 0 amide bonds. The van der Waals surface area contributed by atoms with Crippen molar-refractivity contribution >= 4 is 5.96 Å². The molecule has 0 spiro atoms. The van der Waals surface area contributed by atoms with Crippen LogP contribution in [0.25, 0.3) is 0 Å². The van der Waals surface area contributed by atoms with Gasteiger partial charge in [0.15, 0.2) is 5.96 Å². The second-order valence-electron chi connectivity index (χ2n) is 7.04. The molecule has 0 saturated carbocycles. The summed E-state index contributed by atoms with van der Waals surface area (Å²) < 4.78 is 3.59. The van der Waals surface area contributed by atoms with E-state index >= 15 is 0 Å². The maximum Gasteiger partial charge on any atom is 0.250 e. The molecule has 0 saturated heterocycles. The fraction of sp³-hybridized carbons (Fsp3) is 0.318. The van der Waals surface area contributed by atoms with Crippen LogP contribution in [0.5, 0.6) is 0 Å². The number of hydrogen-bond donors (Lipinski definition) is 2. The predicted octanol–water partition coefficient (Wildman–Crippen LogP) is 2.11. The minimum absolute atomic E-state index is 0.00667.